The Labute approximate surface area is 197 Å². The standard InChI is InChI=1S/C21H18ClF2N3O4S2/c1-11(14-6-13(12-2-3-12)4-5-16(14)23)26-18-8-17(24)19(7-15(18)22)33(30,31)27(21(28)29)20-9-32-10-25-20/h4-12,26H,2-3H2,1H3,(H,28,29). The van der Waals surface area contributed by atoms with Crippen LogP contribution in [0.25, 0.3) is 0 Å². The summed E-state index contributed by atoms with van der Waals surface area (Å²) in [5.41, 5.74) is 2.67. The Balaban J connectivity index is 1.65. The Morgan fingerprint density at radius 1 is 1.27 bits per heavy atom. The molecule has 3 aromatic rings. The number of rotatable bonds is 7. The zero-order valence-electron chi connectivity index (χ0n) is 17.1. The summed E-state index contributed by atoms with van der Waals surface area (Å²) in [7, 11) is -4.86. The van der Waals surface area contributed by atoms with E-state index in [2.05, 4.69) is 10.3 Å². The van der Waals surface area contributed by atoms with Crippen LogP contribution in [0.1, 0.15) is 42.9 Å². The van der Waals surface area contributed by atoms with Crippen molar-refractivity contribution >= 4 is 50.6 Å². The van der Waals surface area contributed by atoms with Gasteiger partial charge in [0.2, 0.25) is 0 Å². The van der Waals surface area contributed by atoms with Crippen LogP contribution in [0, 0.1) is 11.6 Å². The van der Waals surface area contributed by atoms with Crippen molar-refractivity contribution in [3.05, 3.63) is 69.0 Å². The van der Waals surface area contributed by atoms with Crippen molar-refractivity contribution in [2.24, 2.45) is 0 Å². The molecule has 0 bridgehead atoms. The zero-order chi connectivity index (χ0) is 23.9. The molecule has 1 amide bonds. The molecular formula is C21H18ClF2N3O4S2. The van der Waals surface area contributed by atoms with Gasteiger partial charge in [-0.2, -0.15) is 0 Å². The minimum Gasteiger partial charge on any atom is -0.464 e. The van der Waals surface area contributed by atoms with Crippen LogP contribution in [-0.2, 0) is 10.0 Å². The van der Waals surface area contributed by atoms with Crippen molar-refractivity contribution in [3.8, 4) is 0 Å². The maximum absolute atomic E-state index is 14.9. The summed E-state index contributed by atoms with van der Waals surface area (Å²) >= 11 is 7.19. The number of thiazole rings is 1. The fourth-order valence-electron chi connectivity index (χ4n) is 3.44. The summed E-state index contributed by atoms with van der Waals surface area (Å²) < 4.78 is 55.1. The maximum atomic E-state index is 14.9. The number of carbonyl (C=O) groups is 1. The molecular weight excluding hydrogens is 496 g/mol. The maximum Gasteiger partial charge on any atom is 0.427 e. The average molecular weight is 514 g/mol. The highest BCUT2D eigenvalue weighted by molar-refractivity contribution is 7.93. The molecule has 4 rings (SSSR count). The lowest BCUT2D eigenvalue weighted by Gasteiger charge is -2.20. The Bertz CT molecular complexity index is 1320. The number of benzene rings is 2. The average Bonchev–Trinajstić information content (AvgIpc) is 3.46. The summed E-state index contributed by atoms with van der Waals surface area (Å²) in [6.07, 6.45) is 0.251. The largest absolute Gasteiger partial charge is 0.464 e. The molecule has 1 aliphatic carbocycles. The van der Waals surface area contributed by atoms with Crippen molar-refractivity contribution < 1.29 is 27.1 Å². The van der Waals surface area contributed by atoms with Crippen LogP contribution < -0.4 is 9.62 Å². The predicted octanol–water partition coefficient (Wildman–Crippen LogP) is 6.00. The second-order valence-electron chi connectivity index (χ2n) is 7.58. The minimum absolute atomic E-state index is 0.0211. The van der Waals surface area contributed by atoms with E-state index in [1.54, 1.807) is 19.1 Å². The van der Waals surface area contributed by atoms with E-state index in [0.29, 0.717) is 11.5 Å². The van der Waals surface area contributed by atoms with E-state index in [1.165, 1.54) is 17.0 Å². The number of sulfonamides is 1. The molecule has 1 saturated carbocycles. The van der Waals surface area contributed by atoms with Crippen molar-refractivity contribution in [2.75, 3.05) is 9.62 Å². The summed E-state index contributed by atoms with van der Waals surface area (Å²) in [6, 6.07) is 5.94. The number of aromatic nitrogens is 1. The molecule has 1 aromatic heterocycles. The molecule has 1 heterocycles. The fourth-order valence-corrected chi connectivity index (χ4v) is 5.63. The topological polar surface area (TPSA) is 99.6 Å². The number of nitrogens with one attached hydrogen (secondary N) is 1. The normalized spacial score (nSPS) is 14.7. The molecule has 7 nitrogen and oxygen atoms in total. The first-order valence-corrected chi connectivity index (χ1v) is 12.6. The van der Waals surface area contributed by atoms with Crippen LogP contribution in [0.15, 0.2) is 46.1 Å². The molecule has 174 valence electrons. The highest BCUT2D eigenvalue weighted by atomic mass is 35.5. The third kappa shape index (κ3) is 4.66. The van der Waals surface area contributed by atoms with Crippen LogP contribution in [0.2, 0.25) is 5.02 Å². The van der Waals surface area contributed by atoms with Gasteiger partial charge < -0.3 is 10.4 Å². The molecule has 0 radical (unpaired) electrons. The smallest absolute Gasteiger partial charge is 0.427 e. The van der Waals surface area contributed by atoms with Gasteiger partial charge in [-0.3, -0.25) is 0 Å². The summed E-state index contributed by atoms with van der Waals surface area (Å²) in [6.45, 7) is 1.67. The quantitative estimate of drug-likeness (QED) is 0.402. The highest BCUT2D eigenvalue weighted by Crippen LogP contribution is 2.41. The van der Waals surface area contributed by atoms with Gasteiger partial charge in [0.25, 0.3) is 10.0 Å². The van der Waals surface area contributed by atoms with Crippen LogP contribution in [0.5, 0.6) is 0 Å². The Kier molecular flexibility index (Phi) is 6.30. The van der Waals surface area contributed by atoms with E-state index in [0.717, 1.165) is 41.9 Å². The molecule has 0 aliphatic heterocycles. The number of carboxylic acid groups (broad SMARTS) is 1. The summed E-state index contributed by atoms with van der Waals surface area (Å²) in [5.74, 6) is -1.62. The molecule has 1 fully saturated rings. The van der Waals surface area contributed by atoms with E-state index >= 15 is 0 Å². The molecule has 2 aromatic carbocycles. The Morgan fingerprint density at radius 2 is 2.00 bits per heavy atom. The molecule has 0 spiro atoms. The lowest BCUT2D eigenvalue weighted by molar-refractivity contribution is 0.206. The van der Waals surface area contributed by atoms with Gasteiger partial charge in [0, 0.05) is 10.9 Å². The lowest BCUT2D eigenvalue weighted by atomic mass is 10.0. The summed E-state index contributed by atoms with van der Waals surface area (Å²) in [5, 5.41) is 13.3. The fraction of sp³-hybridized carbons (Fsp3) is 0.238. The van der Waals surface area contributed by atoms with Crippen molar-refractivity contribution in [1.82, 2.24) is 4.98 Å². The molecule has 33 heavy (non-hydrogen) atoms. The number of halogens is 3. The highest BCUT2D eigenvalue weighted by Gasteiger charge is 2.35. The number of hydrogen-bond acceptors (Lipinski definition) is 6. The Hall–Kier alpha value is -2.76. The Morgan fingerprint density at radius 3 is 2.61 bits per heavy atom. The first-order valence-electron chi connectivity index (χ1n) is 9.81. The molecule has 12 heteroatoms. The van der Waals surface area contributed by atoms with Crippen LogP contribution in [-0.4, -0.2) is 24.6 Å². The van der Waals surface area contributed by atoms with Crippen molar-refractivity contribution in [2.45, 2.75) is 36.6 Å². The van der Waals surface area contributed by atoms with Gasteiger partial charge in [-0.15, -0.1) is 15.6 Å². The molecule has 2 N–H and O–H groups in total. The van der Waals surface area contributed by atoms with Crippen molar-refractivity contribution in [3.63, 3.8) is 0 Å². The molecule has 1 aliphatic rings. The van der Waals surface area contributed by atoms with E-state index in [-0.39, 0.29) is 20.8 Å². The molecule has 0 saturated heterocycles. The molecule has 1 atom stereocenters. The number of amides is 1. The lowest BCUT2D eigenvalue weighted by Crippen LogP contribution is -2.36. The zero-order valence-corrected chi connectivity index (χ0v) is 19.5. The SMILES string of the molecule is CC(Nc1cc(F)c(S(=O)(=O)N(C(=O)O)c2cscn2)cc1Cl)c1cc(C2CC2)ccc1F. The van der Waals surface area contributed by atoms with Crippen molar-refractivity contribution in [1.29, 1.82) is 0 Å². The first-order chi connectivity index (χ1) is 15.6. The molecule has 1 unspecified atom stereocenters. The third-order valence-corrected chi connectivity index (χ3v) is 7.83. The van der Waals surface area contributed by atoms with E-state index in [9.17, 15) is 27.1 Å². The van der Waals surface area contributed by atoms with E-state index in [4.69, 9.17) is 11.6 Å². The third-order valence-electron chi connectivity index (χ3n) is 5.25. The number of nitrogens with zero attached hydrogens (tertiary/aromatic N) is 2. The minimum atomic E-state index is -4.86. The van der Waals surface area contributed by atoms with Crippen LogP contribution in [0.3, 0.4) is 0 Å². The summed E-state index contributed by atoms with van der Waals surface area (Å²) in [4.78, 5) is 14.4. The number of anilines is 2. The number of hydrogen-bond donors (Lipinski definition) is 2. The first kappa shape index (κ1) is 23.4. The van der Waals surface area contributed by atoms with Gasteiger partial charge in [-0.05, 0) is 49.4 Å². The van der Waals surface area contributed by atoms with E-state index in [1.807, 2.05) is 0 Å². The predicted molar refractivity (Wildman–Crippen MR) is 122 cm³/mol. The van der Waals surface area contributed by atoms with Gasteiger partial charge >= 0.3 is 6.09 Å². The second-order valence-corrected chi connectivity index (χ2v) is 10.5. The van der Waals surface area contributed by atoms with Crippen LogP contribution in [0.4, 0.5) is 25.1 Å². The van der Waals surface area contributed by atoms with Gasteiger partial charge in [0.05, 0.1) is 22.3 Å². The van der Waals surface area contributed by atoms with Gasteiger partial charge in [0.1, 0.15) is 16.5 Å². The van der Waals surface area contributed by atoms with Crippen LogP contribution >= 0.6 is 22.9 Å². The second kappa shape index (κ2) is 8.88. The van der Waals surface area contributed by atoms with Gasteiger partial charge in [0.15, 0.2) is 5.82 Å². The van der Waals surface area contributed by atoms with Gasteiger partial charge in [-0.25, -0.2) is 27.0 Å². The monoisotopic (exact) mass is 513 g/mol. The van der Waals surface area contributed by atoms with E-state index < -0.39 is 38.7 Å². The van der Waals surface area contributed by atoms with Gasteiger partial charge in [-0.1, -0.05) is 23.7 Å².